The monoisotopic (exact) mass is 412 g/mol. The van der Waals surface area contributed by atoms with Crippen molar-refractivity contribution in [2.45, 2.75) is 38.7 Å². The van der Waals surface area contributed by atoms with E-state index in [0.717, 1.165) is 29.1 Å². The molecule has 1 amide bonds. The van der Waals surface area contributed by atoms with Gasteiger partial charge < -0.3 is 24.3 Å². The Balaban J connectivity index is 1.10. The molecule has 0 bridgehead atoms. The minimum Gasteiger partial charge on any atom is -0.424 e. The molecule has 30 heavy (non-hydrogen) atoms. The molecule has 0 radical (unpaired) electrons. The van der Waals surface area contributed by atoms with Crippen LogP contribution in [-0.4, -0.2) is 72.7 Å². The molecule has 7 nitrogen and oxygen atoms in total. The van der Waals surface area contributed by atoms with Crippen molar-refractivity contribution in [3.8, 4) is 0 Å². The predicted octanol–water partition coefficient (Wildman–Crippen LogP) is 2.90. The standard InChI is InChI=1S/C23H32N4O3/c1-16-2-5-21-20(10-16)25-23(30-21)24-11-19-14-27(22(28)15-29-19)13-18-6-8-26(9-7-18)12-17-3-4-17/h2,5,10,17-19H,3-4,6-9,11-15H2,1H3,(H,24,25)/t19-/m1/s1. The van der Waals surface area contributed by atoms with Crippen LogP contribution in [0.3, 0.4) is 0 Å². The summed E-state index contributed by atoms with van der Waals surface area (Å²) in [6.45, 7) is 7.93. The SMILES string of the molecule is Cc1ccc2oc(NC[C@@H]3CN(CC4CCN(CC5CC5)CC4)C(=O)CO3)nc2c1. The van der Waals surface area contributed by atoms with E-state index in [2.05, 4.69) is 15.2 Å². The molecular formula is C23H32N4O3. The van der Waals surface area contributed by atoms with E-state index >= 15 is 0 Å². The molecule has 1 aliphatic carbocycles. The molecule has 1 aromatic heterocycles. The number of hydrogen-bond acceptors (Lipinski definition) is 6. The first-order valence-electron chi connectivity index (χ1n) is 11.3. The number of aryl methyl sites for hydroxylation is 1. The lowest BCUT2D eigenvalue weighted by Crippen LogP contribution is -2.51. The lowest BCUT2D eigenvalue weighted by Gasteiger charge is -2.38. The number of carbonyl (C=O) groups is 1. The quantitative estimate of drug-likeness (QED) is 0.754. The number of rotatable bonds is 7. The third-order valence-electron chi connectivity index (χ3n) is 6.64. The van der Waals surface area contributed by atoms with Gasteiger partial charge in [0.2, 0.25) is 5.91 Å². The van der Waals surface area contributed by atoms with E-state index in [1.165, 1.54) is 45.3 Å². The number of piperidine rings is 1. The summed E-state index contributed by atoms with van der Waals surface area (Å²) in [6, 6.07) is 6.47. The van der Waals surface area contributed by atoms with E-state index in [4.69, 9.17) is 9.15 Å². The van der Waals surface area contributed by atoms with Gasteiger partial charge in [-0.2, -0.15) is 4.98 Å². The molecule has 7 heteroatoms. The van der Waals surface area contributed by atoms with Crippen LogP contribution in [0, 0.1) is 18.8 Å². The minimum atomic E-state index is -0.0468. The van der Waals surface area contributed by atoms with Crippen LogP contribution in [0.5, 0.6) is 0 Å². The molecule has 1 saturated carbocycles. The number of carbonyl (C=O) groups excluding carboxylic acids is 1. The summed E-state index contributed by atoms with van der Waals surface area (Å²) < 4.78 is 11.5. The summed E-state index contributed by atoms with van der Waals surface area (Å²) in [6.07, 6.45) is 5.18. The molecule has 1 atom stereocenters. The number of ether oxygens (including phenoxy) is 1. The average molecular weight is 413 g/mol. The third-order valence-corrected chi connectivity index (χ3v) is 6.64. The lowest BCUT2D eigenvalue weighted by molar-refractivity contribution is -0.149. The second-order valence-corrected chi connectivity index (χ2v) is 9.29. The highest BCUT2D eigenvalue weighted by Gasteiger charge is 2.31. The summed E-state index contributed by atoms with van der Waals surface area (Å²) in [4.78, 5) is 21.5. The van der Waals surface area contributed by atoms with Crippen LogP contribution in [-0.2, 0) is 9.53 Å². The van der Waals surface area contributed by atoms with Crippen LogP contribution in [0.2, 0.25) is 0 Å². The van der Waals surface area contributed by atoms with Crippen LogP contribution >= 0.6 is 0 Å². The van der Waals surface area contributed by atoms with E-state index < -0.39 is 0 Å². The van der Waals surface area contributed by atoms with E-state index in [-0.39, 0.29) is 18.6 Å². The number of aromatic nitrogens is 1. The number of oxazole rings is 1. The van der Waals surface area contributed by atoms with Crippen molar-refractivity contribution in [3.63, 3.8) is 0 Å². The molecule has 2 saturated heterocycles. The summed E-state index contributed by atoms with van der Waals surface area (Å²) in [7, 11) is 0. The first kappa shape index (κ1) is 19.8. The van der Waals surface area contributed by atoms with E-state index in [9.17, 15) is 4.79 Å². The average Bonchev–Trinajstić information content (AvgIpc) is 3.46. The van der Waals surface area contributed by atoms with Crippen LogP contribution in [0.25, 0.3) is 11.1 Å². The molecular weight excluding hydrogens is 380 g/mol. The van der Waals surface area contributed by atoms with Crippen molar-refractivity contribution in [3.05, 3.63) is 23.8 Å². The van der Waals surface area contributed by atoms with Gasteiger partial charge in [0.1, 0.15) is 12.1 Å². The van der Waals surface area contributed by atoms with Crippen molar-refractivity contribution in [2.75, 3.05) is 51.2 Å². The first-order chi connectivity index (χ1) is 14.6. The van der Waals surface area contributed by atoms with Crippen molar-refractivity contribution < 1.29 is 13.9 Å². The Hall–Kier alpha value is -2.12. The van der Waals surface area contributed by atoms with Crippen molar-refractivity contribution in [2.24, 2.45) is 11.8 Å². The van der Waals surface area contributed by atoms with E-state index in [1.807, 2.05) is 30.0 Å². The molecule has 5 rings (SSSR count). The van der Waals surface area contributed by atoms with Gasteiger partial charge in [0.15, 0.2) is 5.58 Å². The fraction of sp³-hybridized carbons (Fsp3) is 0.652. The largest absolute Gasteiger partial charge is 0.424 e. The number of nitrogens with one attached hydrogen (secondary N) is 1. The van der Waals surface area contributed by atoms with Crippen LogP contribution in [0.15, 0.2) is 22.6 Å². The maximum absolute atomic E-state index is 12.4. The molecule has 162 valence electrons. The first-order valence-corrected chi connectivity index (χ1v) is 11.3. The highest BCUT2D eigenvalue weighted by molar-refractivity contribution is 5.78. The second kappa shape index (κ2) is 8.55. The van der Waals surface area contributed by atoms with Gasteiger partial charge in [0.25, 0.3) is 6.01 Å². The molecule has 1 aromatic carbocycles. The number of fused-ring (bicyclic) bond motifs is 1. The van der Waals surface area contributed by atoms with Crippen molar-refractivity contribution >= 4 is 23.0 Å². The maximum atomic E-state index is 12.4. The highest BCUT2D eigenvalue weighted by Crippen LogP contribution is 2.31. The summed E-state index contributed by atoms with van der Waals surface area (Å²) >= 11 is 0. The molecule has 3 fully saturated rings. The zero-order valence-corrected chi connectivity index (χ0v) is 17.8. The molecule has 1 N–H and O–H groups in total. The molecule has 0 unspecified atom stereocenters. The Labute approximate surface area is 177 Å². The third kappa shape index (κ3) is 4.78. The van der Waals surface area contributed by atoms with Gasteiger partial charge in [-0.15, -0.1) is 0 Å². The summed E-state index contributed by atoms with van der Waals surface area (Å²) in [5.74, 6) is 1.68. The molecule has 0 spiro atoms. The number of benzene rings is 1. The Morgan fingerprint density at radius 3 is 2.73 bits per heavy atom. The van der Waals surface area contributed by atoms with Gasteiger partial charge in [-0.05, 0) is 75.2 Å². The minimum absolute atomic E-state index is 0.0468. The molecule has 2 aliphatic heterocycles. The number of hydrogen-bond donors (Lipinski definition) is 1. The zero-order valence-electron chi connectivity index (χ0n) is 17.8. The number of morpholine rings is 1. The number of anilines is 1. The Morgan fingerprint density at radius 2 is 1.93 bits per heavy atom. The summed E-state index contributed by atoms with van der Waals surface area (Å²) in [5.41, 5.74) is 2.79. The molecule has 3 heterocycles. The summed E-state index contributed by atoms with van der Waals surface area (Å²) in [5, 5.41) is 3.24. The zero-order chi connectivity index (χ0) is 20.5. The van der Waals surface area contributed by atoms with Crippen molar-refractivity contribution in [1.82, 2.24) is 14.8 Å². The number of amides is 1. The second-order valence-electron chi connectivity index (χ2n) is 9.29. The van der Waals surface area contributed by atoms with Crippen molar-refractivity contribution in [1.29, 1.82) is 0 Å². The molecule has 3 aliphatic rings. The Kier molecular flexibility index (Phi) is 5.65. The van der Waals surface area contributed by atoms with Gasteiger partial charge in [-0.3, -0.25) is 4.79 Å². The van der Waals surface area contributed by atoms with E-state index in [1.54, 1.807) is 0 Å². The normalized spacial score (nSPS) is 24.0. The van der Waals surface area contributed by atoms with Gasteiger partial charge in [0, 0.05) is 26.2 Å². The fourth-order valence-electron chi connectivity index (χ4n) is 4.62. The van der Waals surface area contributed by atoms with Crippen LogP contribution in [0.4, 0.5) is 6.01 Å². The van der Waals surface area contributed by atoms with Crippen LogP contribution < -0.4 is 5.32 Å². The predicted molar refractivity (Wildman–Crippen MR) is 115 cm³/mol. The smallest absolute Gasteiger partial charge is 0.295 e. The van der Waals surface area contributed by atoms with Crippen LogP contribution in [0.1, 0.15) is 31.2 Å². The van der Waals surface area contributed by atoms with E-state index in [0.29, 0.717) is 25.0 Å². The molecule has 2 aromatic rings. The lowest BCUT2D eigenvalue weighted by atomic mass is 9.95. The van der Waals surface area contributed by atoms with Gasteiger partial charge in [-0.1, -0.05) is 6.07 Å². The van der Waals surface area contributed by atoms with Gasteiger partial charge >= 0.3 is 0 Å². The maximum Gasteiger partial charge on any atom is 0.295 e. The topological polar surface area (TPSA) is 70.8 Å². The Morgan fingerprint density at radius 1 is 1.13 bits per heavy atom. The Bertz CT molecular complexity index is 886. The van der Waals surface area contributed by atoms with Gasteiger partial charge in [0.05, 0.1) is 6.10 Å². The fourth-order valence-corrected chi connectivity index (χ4v) is 4.62. The highest BCUT2D eigenvalue weighted by atomic mass is 16.5. The number of nitrogens with zero attached hydrogens (tertiary/aromatic N) is 3. The van der Waals surface area contributed by atoms with Gasteiger partial charge in [-0.25, -0.2) is 0 Å². The number of likely N-dealkylation sites (tertiary alicyclic amines) is 1.